The van der Waals surface area contributed by atoms with Crippen LogP contribution in [-0.2, 0) is 5.88 Å². The van der Waals surface area contributed by atoms with Gasteiger partial charge in [-0.3, -0.25) is 4.90 Å². The topological polar surface area (TPSA) is 19.4 Å². The molecule has 0 spiro atoms. The van der Waals surface area contributed by atoms with Crippen LogP contribution in [0.25, 0.3) is 0 Å². The molecule has 0 bridgehead atoms. The van der Waals surface area contributed by atoms with Crippen molar-refractivity contribution in [3.05, 3.63) is 22.8 Å². The summed E-state index contributed by atoms with van der Waals surface area (Å²) in [7, 11) is 0. The van der Waals surface area contributed by atoms with Crippen LogP contribution >= 0.6 is 23.2 Å². The molecule has 0 amide bonds. The van der Waals surface area contributed by atoms with Crippen LogP contribution < -0.4 is 4.90 Å². The van der Waals surface area contributed by atoms with Gasteiger partial charge >= 0.3 is 6.18 Å². The van der Waals surface area contributed by atoms with E-state index in [9.17, 15) is 13.2 Å². The summed E-state index contributed by atoms with van der Waals surface area (Å²) in [5.74, 6) is 0.930. The van der Waals surface area contributed by atoms with E-state index < -0.39 is 12.7 Å². The Morgan fingerprint density at radius 2 is 1.85 bits per heavy atom. The van der Waals surface area contributed by atoms with Crippen LogP contribution in [0.2, 0.25) is 5.02 Å². The molecule has 1 aromatic heterocycles. The highest BCUT2D eigenvalue weighted by Gasteiger charge is 2.32. The summed E-state index contributed by atoms with van der Waals surface area (Å²) < 4.78 is 36.9. The molecule has 0 atom stereocenters. The van der Waals surface area contributed by atoms with E-state index in [0.29, 0.717) is 42.9 Å². The van der Waals surface area contributed by atoms with Crippen molar-refractivity contribution in [2.75, 3.05) is 37.6 Å². The fraction of sp³-hybridized carbons (Fsp3) is 0.583. The van der Waals surface area contributed by atoms with Crippen molar-refractivity contribution in [1.29, 1.82) is 0 Å². The average molecular weight is 328 g/mol. The number of hydrogen-bond acceptors (Lipinski definition) is 3. The predicted octanol–water partition coefficient (Wildman–Crippen LogP) is 3.16. The Labute approximate surface area is 125 Å². The molecule has 1 aromatic rings. The van der Waals surface area contributed by atoms with Gasteiger partial charge in [-0.05, 0) is 11.6 Å². The Balaban J connectivity index is 1.97. The van der Waals surface area contributed by atoms with Gasteiger partial charge in [-0.15, -0.1) is 11.6 Å². The Morgan fingerprint density at radius 3 is 2.35 bits per heavy atom. The van der Waals surface area contributed by atoms with Crippen LogP contribution in [0.3, 0.4) is 0 Å². The number of pyridine rings is 1. The number of piperazine rings is 1. The monoisotopic (exact) mass is 327 g/mol. The molecule has 1 aliphatic heterocycles. The third-order valence-electron chi connectivity index (χ3n) is 3.11. The number of alkyl halides is 4. The molecule has 0 radical (unpaired) electrons. The highest BCUT2D eigenvalue weighted by Crippen LogP contribution is 2.26. The predicted molar refractivity (Wildman–Crippen MR) is 73.5 cm³/mol. The number of aromatic nitrogens is 1. The molecule has 20 heavy (non-hydrogen) atoms. The van der Waals surface area contributed by atoms with Crippen LogP contribution in [-0.4, -0.2) is 48.8 Å². The molecule has 2 heterocycles. The standard InChI is InChI=1S/C12H14Cl2F3N3/c13-6-9-5-10(14)11(18-7-9)20-3-1-19(2-4-20)8-12(15,16)17/h5,7H,1-4,6,8H2. The summed E-state index contributed by atoms with van der Waals surface area (Å²) in [6.45, 7) is 0.767. The molecule has 0 aromatic carbocycles. The first-order valence-corrected chi connectivity index (χ1v) is 7.05. The molecule has 1 aliphatic rings. The molecule has 1 saturated heterocycles. The van der Waals surface area contributed by atoms with Crippen LogP contribution in [0.15, 0.2) is 12.3 Å². The number of halogens is 5. The van der Waals surface area contributed by atoms with Gasteiger partial charge in [0.15, 0.2) is 0 Å². The Kier molecular flexibility index (Phi) is 4.99. The lowest BCUT2D eigenvalue weighted by Gasteiger charge is -2.36. The van der Waals surface area contributed by atoms with Gasteiger partial charge in [-0.2, -0.15) is 13.2 Å². The summed E-state index contributed by atoms with van der Waals surface area (Å²) in [6, 6.07) is 1.74. The number of nitrogens with zero attached hydrogens (tertiary/aromatic N) is 3. The van der Waals surface area contributed by atoms with Crippen molar-refractivity contribution in [3.63, 3.8) is 0 Å². The molecule has 2 rings (SSSR count). The molecule has 8 heteroatoms. The first-order chi connectivity index (χ1) is 9.39. The third kappa shape index (κ3) is 4.14. The molecule has 0 unspecified atom stereocenters. The highest BCUT2D eigenvalue weighted by molar-refractivity contribution is 6.33. The van der Waals surface area contributed by atoms with Gasteiger partial charge < -0.3 is 4.90 Å². The van der Waals surface area contributed by atoms with Crippen LogP contribution in [0.4, 0.5) is 19.0 Å². The van der Waals surface area contributed by atoms with E-state index in [1.165, 1.54) is 4.90 Å². The van der Waals surface area contributed by atoms with Crippen LogP contribution in [0.1, 0.15) is 5.56 Å². The first-order valence-electron chi connectivity index (χ1n) is 6.13. The molecule has 112 valence electrons. The summed E-state index contributed by atoms with van der Waals surface area (Å²) in [5, 5.41) is 0.479. The largest absolute Gasteiger partial charge is 0.401 e. The van der Waals surface area contributed by atoms with Crippen molar-refractivity contribution >= 4 is 29.0 Å². The molecular weight excluding hydrogens is 314 g/mol. The van der Waals surface area contributed by atoms with Crippen molar-refractivity contribution < 1.29 is 13.2 Å². The maximum Gasteiger partial charge on any atom is 0.401 e. The minimum absolute atomic E-state index is 0.326. The molecule has 0 N–H and O–H groups in total. The van der Waals surface area contributed by atoms with Crippen molar-refractivity contribution in [3.8, 4) is 0 Å². The lowest BCUT2D eigenvalue weighted by Crippen LogP contribution is -2.49. The maximum absolute atomic E-state index is 12.3. The van der Waals surface area contributed by atoms with Crippen molar-refractivity contribution in [2.45, 2.75) is 12.1 Å². The van der Waals surface area contributed by atoms with E-state index in [4.69, 9.17) is 23.2 Å². The first kappa shape index (κ1) is 15.7. The third-order valence-corrected chi connectivity index (χ3v) is 3.69. The van der Waals surface area contributed by atoms with E-state index in [2.05, 4.69) is 4.98 Å². The van der Waals surface area contributed by atoms with E-state index in [-0.39, 0.29) is 0 Å². The molecule has 0 saturated carbocycles. The zero-order valence-corrected chi connectivity index (χ0v) is 12.1. The lowest BCUT2D eigenvalue weighted by molar-refractivity contribution is -0.146. The Morgan fingerprint density at radius 1 is 1.20 bits per heavy atom. The van der Waals surface area contributed by atoms with Gasteiger partial charge in [-0.25, -0.2) is 4.98 Å². The van der Waals surface area contributed by atoms with Gasteiger partial charge in [0, 0.05) is 38.3 Å². The summed E-state index contributed by atoms with van der Waals surface area (Å²) in [5.41, 5.74) is 0.816. The molecule has 0 aliphatic carbocycles. The van der Waals surface area contributed by atoms with E-state index in [1.54, 1.807) is 12.3 Å². The van der Waals surface area contributed by atoms with Crippen molar-refractivity contribution in [1.82, 2.24) is 9.88 Å². The van der Waals surface area contributed by atoms with Crippen molar-refractivity contribution in [2.24, 2.45) is 0 Å². The van der Waals surface area contributed by atoms with E-state index in [1.807, 2.05) is 4.90 Å². The number of rotatable bonds is 3. The Hall–Kier alpha value is -0.720. The summed E-state index contributed by atoms with van der Waals surface area (Å²) >= 11 is 11.8. The van der Waals surface area contributed by atoms with Gasteiger partial charge in [0.2, 0.25) is 0 Å². The fourth-order valence-electron chi connectivity index (χ4n) is 2.15. The normalized spacial score (nSPS) is 17.6. The molecule has 3 nitrogen and oxygen atoms in total. The summed E-state index contributed by atoms with van der Waals surface area (Å²) in [6.07, 6.45) is -2.52. The maximum atomic E-state index is 12.3. The van der Waals surface area contributed by atoms with E-state index in [0.717, 1.165) is 5.56 Å². The second-order valence-corrected chi connectivity index (χ2v) is 5.34. The summed E-state index contributed by atoms with van der Waals surface area (Å²) in [4.78, 5) is 7.52. The van der Waals surface area contributed by atoms with Gasteiger partial charge in [-0.1, -0.05) is 11.6 Å². The van der Waals surface area contributed by atoms with E-state index >= 15 is 0 Å². The minimum Gasteiger partial charge on any atom is -0.353 e. The zero-order valence-electron chi connectivity index (χ0n) is 10.6. The average Bonchev–Trinajstić information content (AvgIpc) is 2.38. The molecule has 1 fully saturated rings. The highest BCUT2D eigenvalue weighted by atomic mass is 35.5. The van der Waals surface area contributed by atoms with Gasteiger partial charge in [0.25, 0.3) is 0 Å². The van der Waals surface area contributed by atoms with Crippen LogP contribution in [0.5, 0.6) is 0 Å². The lowest BCUT2D eigenvalue weighted by atomic mass is 10.2. The Bertz CT molecular complexity index is 460. The smallest absolute Gasteiger partial charge is 0.353 e. The van der Waals surface area contributed by atoms with Crippen LogP contribution in [0, 0.1) is 0 Å². The number of anilines is 1. The zero-order chi connectivity index (χ0) is 14.8. The quantitative estimate of drug-likeness (QED) is 0.795. The SMILES string of the molecule is FC(F)(F)CN1CCN(c2ncc(CCl)cc2Cl)CC1. The second kappa shape index (κ2) is 6.37. The second-order valence-electron chi connectivity index (χ2n) is 4.66. The van der Waals surface area contributed by atoms with Gasteiger partial charge in [0.05, 0.1) is 11.6 Å². The fourth-order valence-corrected chi connectivity index (χ4v) is 2.60. The molecular formula is C12H14Cl2F3N3. The minimum atomic E-state index is -4.15. The number of hydrogen-bond donors (Lipinski definition) is 0. The van der Waals surface area contributed by atoms with Gasteiger partial charge in [0.1, 0.15) is 5.82 Å².